The number of rotatable bonds is 5. The van der Waals surface area contributed by atoms with Crippen molar-refractivity contribution in [3.8, 4) is 5.75 Å². The summed E-state index contributed by atoms with van der Waals surface area (Å²) < 4.78 is 5.10. The highest BCUT2D eigenvalue weighted by Gasteiger charge is 2.33. The molecule has 0 aromatic heterocycles. The van der Waals surface area contributed by atoms with E-state index < -0.39 is 0 Å². The smallest absolute Gasteiger partial charge is 0.224 e. The topological polar surface area (TPSA) is 64.3 Å². The summed E-state index contributed by atoms with van der Waals surface area (Å²) in [5.74, 6) is 0.857. The van der Waals surface area contributed by atoms with E-state index in [0.717, 1.165) is 37.0 Å². The van der Waals surface area contributed by atoms with E-state index in [9.17, 15) is 4.79 Å². The number of benzene rings is 1. The summed E-state index contributed by atoms with van der Waals surface area (Å²) >= 11 is 0. The highest BCUT2D eigenvalue weighted by Crippen LogP contribution is 2.28. The van der Waals surface area contributed by atoms with Crippen LogP contribution in [-0.2, 0) is 11.2 Å². The van der Waals surface area contributed by atoms with Gasteiger partial charge in [0.25, 0.3) is 0 Å². The molecule has 0 saturated heterocycles. The maximum absolute atomic E-state index is 12.1. The van der Waals surface area contributed by atoms with Gasteiger partial charge in [-0.15, -0.1) is 12.4 Å². The van der Waals surface area contributed by atoms with Crippen LogP contribution in [0.15, 0.2) is 24.3 Å². The number of nitrogens with two attached hydrogens (primary N) is 1. The second-order valence-corrected chi connectivity index (χ2v) is 5.26. The van der Waals surface area contributed by atoms with Gasteiger partial charge in [-0.1, -0.05) is 25.0 Å². The van der Waals surface area contributed by atoms with Gasteiger partial charge in [0.05, 0.1) is 19.1 Å². The molecule has 4 nitrogen and oxygen atoms in total. The van der Waals surface area contributed by atoms with Gasteiger partial charge in [0.2, 0.25) is 5.91 Å². The van der Waals surface area contributed by atoms with Crippen molar-refractivity contribution in [2.45, 2.75) is 37.6 Å². The van der Waals surface area contributed by atoms with Crippen molar-refractivity contribution >= 4 is 18.3 Å². The van der Waals surface area contributed by atoms with E-state index in [1.165, 1.54) is 0 Å². The van der Waals surface area contributed by atoms with Crippen molar-refractivity contribution in [1.82, 2.24) is 5.32 Å². The van der Waals surface area contributed by atoms with Crippen LogP contribution in [0.3, 0.4) is 0 Å². The lowest BCUT2D eigenvalue weighted by Gasteiger charge is -2.28. The summed E-state index contributed by atoms with van der Waals surface area (Å²) in [6.45, 7) is 0.529. The Hall–Kier alpha value is -1.26. The van der Waals surface area contributed by atoms with Crippen LogP contribution >= 0.6 is 12.4 Å². The van der Waals surface area contributed by atoms with Crippen molar-refractivity contribution in [3.63, 3.8) is 0 Å². The lowest BCUT2D eigenvalue weighted by atomic mass is 9.97. The van der Waals surface area contributed by atoms with Gasteiger partial charge in [0.15, 0.2) is 0 Å². The van der Waals surface area contributed by atoms with Crippen LogP contribution in [0.2, 0.25) is 0 Å². The van der Waals surface area contributed by atoms with E-state index in [0.29, 0.717) is 13.0 Å². The molecular formula is C15H23ClN2O2. The Labute approximate surface area is 126 Å². The minimum absolute atomic E-state index is 0. The maximum Gasteiger partial charge on any atom is 0.224 e. The van der Waals surface area contributed by atoms with Crippen molar-refractivity contribution in [1.29, 1.82) is 0 Å². The number of halogens is 1. The number of hydrogen-bond acceptors (Lipinski definition) is 3. The van der Waals surface area contributed by atoms with E-state index in [1.807, 2.05) is 24.3 Å². The average Bonchev–Trinajstić information content (AvgIpc) is 2.88. The second-order valence-electron chi connectivity index (χ2n) is 5.26. The third kappa shape index (κ3) is 4.12. The normalized spacial score (nSPS) is 16.3. The van der Waals surface area contributed by atoms with Crippen LogP contribution in [0.4, 0.5) is 0 Å². The quantitative estimate of drug-likeness (QED) is 0.874. The summed E-state index contributed by atoms with van der Waals surface area (Å²) in [6, 6.07) is 7.58. The molecule has 0 unspecified atom stereocenters. The Morgan fingerprint density at radius 3 is 2.40 bits per heavy atom. The standard InChI is InChI=1S/C15H22N2O2.ClH/c1-19-13-6-4-12(5-7-13)10-14(18)17-15(11-16)8-2-3-9-15;/h4-7H,2-3,8-11,16H2,1H3,(H,17,18);1H. The maximum atomic E-state index is 12.1. The Morgan fingerprint density at radius 2 is 1.90 bits per heavy atom. The number of amides is 1. The van der Waals surface area contributed by atoms with Gasteiger partial charge in [-0.3, -0.25) is 4.79 Å². The molecular weight excluding hydrogens is 276 g/mol. The van der Waals surface area contributed by atoms with Gasteiger partial charge >= 0.3 is 0 Å². The summed E-state index contributed by atoms with van der Waals surface area (Å²) in [7, 11) is 1.63. The molecule has 0 atom stereocenters. The second kappa shape index (κ2) is 7.50. The van der Waals surface area contributed by atoms with Crippen LogP contribution in [0.1, 0.15) is 31.2 Å². The first-order valence-corrected chi connectivity index (χ1v) is 6.81. The summed E-state index contributed by atoms with van der Waals surface area (Å²) in [4.78, 5) is 12.1. The third-order valence-corrected chi connectivity index (χ3v) is 3.88. The van der Waals surface area contributed by atoms with Crippen molar-refractivity contribution in [2.75, 3.05) is 13.7 Å². The molecule has 1 fully saturated rings. The molecule has 1 aliphatic rings. The number of carbonyl (C=O) groups excluding carboxylic acids is 1. The predicted octanol–water partition coefficient (Wildman–Crippen LogP) is 2.05. The fourth-order valence-electron chi connectivity index (χ4n) is 2.70. The number of carbonyl (C=O) groups is 1. The van der Waals surface area contributed by atoms with Crippen LogP contribution in [0.5, 0.6) is 5.75 Å². The number of methoxy groups -OCH3 is 1. The van der Waals surface area contributed by atoms with Crippen LogP contribution in [0.25, 0.3) is 0 Å². The van der Waals surface area contributed by atoms with Crippen molar-refractivity contribution in [3.05, 3.63) is 29.8 Å². The van der Waals surface area contributed by atoms with Gasteiger partial charge in [0.1, 0.15) is 5.75 Å². The highest BCUT2D eigenvalue weighted by molar-refractivity contribution is 5.85. The minimum Gasteiger partial charge on any atom is -0.497 e. The molecule has 0 heterocycles. The molecule has 1 amide bonds. The molecule has 0 aliphatic heterocycles. The molecule has 112 valence electrons. The van der Waals surface area contributed by atoms with Crippen LogP contribution < -0.4 is 15.8 Å². The third-order valence-electron chi connectivity index (χ3n) is 3.88. The van der Waals surface area contributed by atoms with Gasteiger partial charge in [-0.2, -0.15) is 0 Å². The lowest BCUT2D eigenvalue weighted by molar-refractivity contribution is -0.122. The molecule has 1 aromatic carbocycles. The van der Waals surface area contributed by atoms with Crippen molar-refractivity contribution in [2.24, 2.45) is 5.73 Å². The molecule has 1 saturated carbocycles. The number of nitrogens with one attached hydrogen (secondary N) is 1. The molecule has 0 radical (unpaired) electrons. The van der Waals surface area contributed by atoms with E-state index in [2.05, 4.69) is 5.32 Å². The Kier molecular flexibility index (Phi) is 6.30. The zero-order chi connectivity index (χ0) is 13.7. The first-order valence-electron chi connectivity index (χ1n) is 6.81. The number of ether oxygens (including phenoxy) is 1. The number of hydrogen-bond donors (Lipinski definition) is 2. The first kappa shape index (κ1) is 16.8. The lowest BCUT2D eigenvalue weighted by Crippen LogP contribution is -2.52. The van der Waals surface area contributed by atoms with Crippen LogP contribution in [0, 0.1) is 0 Å². The SMILES string of the molecule is COc1ccc(CC(=O)NC2(CN)CCCC2)cc1.Cl. The summed E-state index contributed by atoms with van der Waals surface area (Å²) in [5.41, 5.74) is 6.64. The first-order chi connectivity index (χ1) is 9.17. The molecule has 20 heavy (non-hydrogen) atoms. The highest BCUT2D eigenvalue weighted by atomic mass is 35.5. The van der Waals surface area contributed by atoms with Gasteiger partial charge < -0.3 is 15.8 Å². The van der Waals surface area contributed by atoms with E-state index in [4.69, 9.17) is 10.5 Å². The van der Waals surface area contributed by atoms with Gasteiger partial charge in [0, 0.05) is 6.54 Å². The van der Waals surface area contributed by atoms with Crippen LogP contribution in [-0.4, -0.2) is 25.1 Å². The minimum atomic E-state index is -0.163. The Balaban J connectivity index is 0.00000200. The molecule has 2 rings (SSSR count). The predicted molar refractivity (Wildman–Crippen MR) is 82.3 cm³/mol. The van der Waals surface area contributed by atoms with Crippen molar-refractivity contribution < 1.29 is 9.53 Å². The molecule has 3 N–H and O–H groups in total. The Morgan fingerprint density at radius 1 is 1.30 bits per heavy atom. The fraction of sp³-hybridized carbons (Fsp3) is 0.533. The van der Waals surface area contributed by atoms with E-state index in [1.54, 1.807) is 7.11 Å². The zero-order valence-electron chi connectivity index (χ0n) is 11.9. The molecule has 0 bridgehead atoms. The average molecular weight is 299 g/mol. The largest absolute Gasteiger partial charge is 0.497 e. The molecule has 1 aliphatic carbocycles. The monoisotopic (exact) mass is 298 g/mol. The van der Waals surface area contributed by atoms with E-state index >= 15 is 0 Å². The molecule has 0 spiro atoms. The summed E-state index contributed by atoms with van der Waals surface area (Å²) in [6.07, 6.45) is 4.70. The fourth-order valence-corrected chi connectivity index (χ4v) is 2.70. The molecule has 5 heteroatoms. The van der Waals surface area contributed by atoms with Gasteiger partial charge in [-0.05, 0) is 30.5 Å². The van der Waals surface area contributed by atoms with E-state index in [-0.39, 0.29) is 23.9 Å². The molecule has 1 aromatic rings. The summed E-state index contributed by atoms with van der Waals surface area (Å²) in [5, 5.41) is 3.12. The Bertz CT molecular complexity index is 428. The zero-order valence-corrected chi connectivity index (χ0v) is 12.7. The van der Waals surface area contributed by atoms with Gasteiger partial charge in [-0.25, -0.2) is 0 Å².